The minimum absolute atomic E-state index is 0.194. The molecule has 1 aromatic carbocycles. The van der Waals surface area contributed by atoms with E-state index in [9.17, 15) is 4.39 Å². The zero-order valence-corrected chi connectivity index (χ0v) is 13.1. The van der Waals surface area contributed by atoms with Gasteiger partial charge in [-0.2, -0.15) is 0 Å². The topological polar surface area (TPSA) is 12.0 Å². The zero-order valence-electron chi connectivity index (χ0n) is 11.5. The van der Waals surface area contributed by atoms with Gasteiger partial charge in [-0.05, 0) is 58.9 Å². The van der Waals surface area contributed by atoms with E-state index in [4.69, 9.17) is 0 Å². The Balaban J connectivity index is 2.66. The fourth-order valence-corrected chi connectivity index (χ4v) is 2.56. The fourth-order valence-electron chi connectivity index (χ4n) is 2.13. The number of rotatable bonds is 7. The van der Waals surface area contributed by atoms with Gasteiger partial charge in [0.1, 0.15) is 5.82 Å². The van der Waals surface area contributed by atoms with Crippen LogP contribution in [0.15, 0.2) is 22.7 Å². The van der Waals surface area contributed by atoms with Gasteiger partial charge in [0.15, 0.2) is 0 Å². The van der Waals surface area contributed by atoms with Gasteiger partial charge < -0.3 is 5.32 Å². The van der Waals surface area contributed by atoms with Crippen LogP contribution < -0.4 is 5.32 Å². The van der Waals surface area contributed by atoms with Crippen LogP contribution in [0.25, 0.3) is 0 Å². The molecule has 1 nitrogen and oxygen atoms in total. The lowest BCUT2D eigenvalue weighted by Gasteiger charge is -2.21. The number of likely N-dealkylation sites (N-methyl/N-ethyl adjacent to an activating group) is 1. The highest BCUT2D eigenvalue weighted by Crippen LogP contribution is 2.19. The second-order valence-corrected chi connectivity index (χ2v) is 5.81. The Morgan fingerprint density at radius 1 is 1.33 bits per heavy atom. The Morgan fingerprint density at radius 2 is 2.06 bits per heavy atom. The van der Waals surface area contributed by atoms with Gasteiger partial charge in [0.25, 0.3) is 0 Å². The molecule has 0 spiro atoms. The molecule has 3 heteroatoms. The quantitative estimate of drug-likeness (QED) is 0.778. The van der Waals surface area contributed by atoms with Crippen LogP contribution in [0.1, 0.15) is 39.2 Å². The summed E-state index contributed by atoms with van der Waals surface area (Å²) in [5.41, 5.74) is 1.18. The molecule has 1 aromatic rings. The van der Waals surface area contributed by atoms with Crippen molar-refractivity contribution in [1.29, 1.82) is 0 Å². The van der Waals surface area contributed by atoms with Crippen LogP contribution in [0.4, 0.5) is 4.39 Å². The molecule has 0 aliphatic carbocycles. The first-order valence-corrected chi connectivity index (χ1v) is 7.53. The molecule has 0 amide bonds. The van der Waals surface area contributed by atoms with Crippen molar-refractivity contribution in [3.8, 4) is 0 Å². The molecule has 0 saturated carbocycles. The van der Waals surface area contributed by atoms with Crippen LogP contribution in [0.5, 0.6) is 0 Å². The van der Waals surface area contributed by atoms with Crippen molar-refractivity contribution in [2.75, 3.05) is 6.54 Å². The molecule has 2 unspecified atom stereocenters. The van der Waals surface area contributed by atoms with E-state index in [0.29, 0.717) is 10.5 Å². The maximum Gasteiger partial charge on any atom is 0.137 e. The molecule has 0 aromatic heterocycles. The number of nitrogens with one attached hydrogen (secondary N) is 1. The standard InChI is InChI=1S/C15H23BrFN/c1-4-11(3)8-13(18-5-2)9-12-6-7-15(17)14(16)10-12/h6-7,10-11,13,18H,4-5,8-9H2,1-3H3. The van der Waals surface area contributed by atoms with Gasteiger partial charge >= 0.3 is 0 Å². The van der Waals surface area contributed by atoms with Gasteiger partial charge in [0, 0.05) is 6.04 Å². The molecule has 1 rings (SSSR count). The molecule has 0 fully saturated rings. The molecule has 0 aliphatic rings. The van der Waals surface area contributed by atoms with Crippen molar-refractivity contribution in [3.05, 3.63) is 34.1 Å². The van der Waals surface area contributed by atoms with E-state index in [0.717, 1.165) is 18.9 Å². The van der Waals surface area contributed by atoms with E-state index in [2.05, 4.69) is 42.0 Å². The van der Waals surface area contributed by atoms with Crippen molar-refractivity contribution in [2.45, 2.75) is 46.1 Å². The van der Waals surface area contributed by atoms with Crippen molar-refractivity contribution in [3.63, 3.8) is 0 Å². The number of benzene rings is 1. The second kappa shape index (κ2) is 7.90. The predicted octanol–water partition coefficient (Wildman–Crippen LogP) is 4.55. The van der Waals surface area contributed by atoms with Gasteiger partial charge in [0.05, 0.1) is 4.47 Å². The Labute approximate surface area is 118 Å². The third kappa shape index (κ3) is 5.07. The third-order valence-electron chi connectivity index (χ3n) is 3.34. The molecule has 0 heterocycles. The normalized spacial score (nSPS) is 14.5. The highest BCUT2D eigenvalue weighted by atomic mass is 79.9. The van der Waals surface area contributed by atoms with Crippen molar-refractivity contribution in [1.82, 2.24) is 5.32 Å². The Kier molecular flexibility index (Phi) is 6.87. The van der Waals surface area contributed by atoms with Gasteiger partial charge in [0.2, 0.25) is 0 Å². The fraction of sp³-hybridized carbons (Fsp3) is 0.600. The molecule has 0 radical (unpaired) electrons. The zero-order chi connectivity index (χ0) is 13.5. The minimum Gasteiger partial charge on any atom is -0.314 e. The smallest absolute Gasteiger partial charge is 0.137 e. The molecule has 0 aliphatic heterocycles. The molecular weight excluding hydrogens is 293 g/mol. The van der Waals surface area contributed by atoms with Crippen molar-refractivity contribution >= 4 is 15.9 Å². The summed E-state index contributed by atoms with van der Waals surface area (Å²) in [7, 11) is 0. The highest BCUT2D eigenvalue weighted by Gasteiger charge is 2.12. The summed E-state index contributed by atoms with van der Waals surface area (Å²) in [6, 6.07) is 5.77. The second-order valence-electron chi connectivity index (χ2n) is 4.96. The van der Waals surface area contributed by atoms with E-state index in [1.807, 2.05) is 12.1 Å². The van der Waals surface area contributed by atoms with E-state index in [1.54, 1.807) is 0 Å². The Hall–Kier alpha value is -0.410. The number of hydrogen-bond acceptors (Lipinski definition) is 1. The van der Waals surface area contributed by atoms with Crippen LogP contribution in [0.2, 0.25) is 0 Å². The summed E-state index contributed by atoms with van der Waals surface area (Å²) in [6.07, 6.45) is 3.32. The molecule has 0 saturated heterocycles. The maximum atomic E-state index is 13.2. The van der Waals surface area contributed by atoms with Crippen LogP contribution in [0, 0.1) is 11.7 Å². The SMILES string of the molecule is CCNC(Cc1ccc(F)c(Br)c1)CC(C)CC. The van der Waals surface area contributed by atoms with E-state index in [1.165, 1.54) is 24.5 Å². The molecule has 102 valence electrons. The summed E-state index contributed by atoms with van der Waals surface area (Å²) in [4.78, 5) is 0. The summed E-state index contributed by atoms with van der Waals surface area (Å²) >= 11 is 3.24. The monoisotopic (exact) mass is 315 g/mol. The first kappa shape index (κ1) is 15.6. The van der Waals surface area contributed by atoms with Crippen molar-refractivity contribution < 1.29 is 4.39 Å². The van der Waals surface area contributed by atoms with Crippen LogP contribution >= 0.6 is 15.9 Å². The Morgan fingerprint density at radius 3 is 2.61 bits per heavy atom. The van der Waals surface area contributed by atoms with Crippen LogP contribution in [-0.2, 0) is 6.42 Å². The van der Waals surface area contributed by atoms with Gasteiger partial charge in [-0.3, -0.25) is 0 Å². The third-order valence-corrected chi connectivity index (χ3v) is 3.95. The van der Waals surface area contributed by atoms with E-state index >= 15 is 0 Å². The summed E-state index contributed by atoms with van der Waals surface area (Å²) in [5.74, 6) is 0.526. The number of halogens is 2. The first-order chi connectivity index (χ1) is 8.56. The summed E-state index contributed by atoms with van der Waals surface area (Å²) in [6.45, 7) is 7.61. The van der Waals surface area contributed by atoms with Gasteiger partial charge in [-0.25, -0.2) is 4.39 Å². The highest BCUT2D eigenvalue weighted by molar-refractivity contribution is 9.10. The molecule has 1 N–H and O–H groups in total. The van der Waals surface area contributed by atoms with Crippen molar-refractivity contribution in [2.24, 2.45) is 5.92 Å². The lowest BCUT2D eigenvalue weighted by atomic mass is 9.94. The lowest BCUT2D eigenvalue weighted by Crippen LogP contribution is -2.32. The lowest BCUT2D eigenvalue weighted by molar-refractivity contribution is 0.397. The predicted molar refractivity (Wildman–Crippen MR) is 79.3 cm³/mol. The van der Waals surface area contributed by atoms with E-state index < -0.39 is 0 Å². The average molecular weight is 316 g/mol. The van der Waals surface area contributed by atoms with Crippen LogP contribution in [0.3, 0.4) is 0 Å². The molecular formula is C15H23BrFN. The van der Waals surface area contributed by atoms with Gasteiger partial charge in [-0.1, -0.05) is 33.3 Å². The molecule has 18 heavy (non-hydrogen) atoms. The maximum absolute atomic E-state index is 13.2. The average Bonchev–Trinajstić information content (AvgIpc) is 2.34. The van der Waals surface area contributed by atoms with Crippen LogP contribution in [-0.4, -0.2) is 12.6 Å². The largest absolute Gasteiger partial charge is 0.314 e. The van der Waals surface area contributed by atoms with E-state index in [-0.39, 0.29) is 5.82 Å². The van der Waals surface area contributed by atoms with Gasteiger partial charge in [-0.15, -0.1) is 0 Å². The number of hydrogen-bond donors (Lipinski definition) is 1. The molecule has 0 bridgehead atoms. The molecule has 2 atom stereocenters. The Bertz CT molecular complexity index is 368. The first-order valence-electron chi connectivity index (χ1n) is 6.74. The summed E-state index contributed by atoms with van der Waals surface area (Å²) in [5, 5.41) is 3.52. The minimum atomic E-state index is -0.194. The summed E-state index contributed by atoms with van der Waals surface area (Å²) < 4.78 is 13.7.